The van der Waals surface area contributed by atoms with Crippen molar-refractivity contribution in [3.8, 4) is 0 Å². The Hall–Kier alpha value is -0.570. The van der Waals surface area contributed by atoms with E-state index in [-0.39, 0.29) is 17.4 Å². The molecule has 0 aliphatic heterocycles. The monoisotopic (exact) mass is 210 g/mol. The molecule has 0 atom stereocenters. The minimum atomic E-state index is 0.141. The van der Waals surface area contributed by atoms with E-state index in [0.717, 1.165) is 45.1 Å². The molecule has 2 aliphatic carbocycles. The van der Waals surface area contributed by atoms with Crippen molar-refractivity contribution in [2.24, 2.45) is 17.6 Å². The van der Waals surface area contributed by atoms with Crippen LogP contribution in [-0.2, 0) is 4.79 Å². The average molecular weight is 210 g/mol. The molecule has 2 saturated carbocycles. The molecule has 0 unspecified atom stereocenters. The van der Waals surface area contributed by atoms with Gasteiger partial charge in [-0.1, -0.05) is 0 Å². The number of amides is 1. The van der Waals surface area contributed by atoms with Crippen LogP contribution in [0.1, 0.15) is 45.4 Å². The van der Waals surface area contributed by atoms with E-state index in [9.17, 15) is 4.79 Å². The quantitative estimate of drug-likeness (QED) is 0.740. The van der Waals surface area contributed by atoms with Crippen LogP contribution in [0.15, 0.2) is 0 Å². The molecule has 86 valence electrons. The Balaban J connectivity index is 1.77. The molecule has 0 heterocycles. The normalized spacial score (nSPS) is 33.5. The minimum Gasteiger partial charge on any atom is -0.351 e. The van der Waals surface area contributed by atoms with Crippen LogP contribution in [-0.4, -0.2) is 18.0 Å². The fourth-order valence-corrected chi connectivity index (χ4v) is 2.37. The third kappa shape index (κ3) is 2.71. The molecule has 3 N–H and O–H groups in total. The fraction of sp³-hybridized carbons (Fsp3) is 0.917. The Kier molecular flexibility index (Phi) is 3.01. The largest absolute Gasteiger partial charge is 0.351 e. The third-order valence-electron chi connectivity index (χ3n) is 3.98. The summed E-state index contributed by atoms with van der Waals surface area (Å²) in [6, 6.07) is 0. The van der Waals surface area contributed by atoms with Gasteiger partial charge < -0.3 is 11.1 Å². The number of carbonyl (C=O) groups excluding carboxylic acids is 1. The van der Waals surface area contributed by atoms with Crippen molar-refractivity contribution in [2.45, 2.75) is 51.0 Å². The highest BCUT2D eigenvalue weighted by atomic mass is 16.2. The molecular weight excluding hydrogens is 188 g/mol. The predicted molar refractivity (Wildman–Crippen MR) is 60.3 cm³/mol. The van der Waals surface area contributed by atoms with E-state index in [1.807, 2.05) is 0 Å². The van der Waals surface area contributed by atoms with E-state index in [1.54, 1.807) is 0 Å². The lowest BCUT2D eigenvalue weighted by Crippen LogP contribution is -2.40. The number of carbonyl (C=O) groups is 1. The van der Waals surface area contributed by atoms with Crippen LogP contribution in [0.3, 0.4) is 0 Å². The molecule has 3 nitrogen and oxygen atoms in total. The lowest BCUT2D eigenvalue weighted by atomic mass is 9.81. The summed E-state index contributed by atoms with van der Waals surface area (Å²) < 4.78 is 0. The Morgan fingerprint density at radius 3 is 2.40 bits per heavy atom. The number of hydrogen-bond donors (Lipinski definition) is 2. The van der Waals surface area contributed by atoms with Crippen LogP contribution in [0.5, 0.6) is 0 Å². The molecule has 0 aromatic rings. The number of nitrogens with two attached hydrogens (primary N) is 1. The van der Waals surface area contributed by atoms with Gasteiger partial charge in [-0.15, -0.1) is 0 Å². The second-order valence-corrected chi connectivity index (χ2v) is 5.50. The Morgan fingerprint density at radius 1 is 1.33 bits per heavy atom. The van der Waals surface area contributed by atoms with Crippen molar-refractivity contribution in [3.63, 3.8) is 0 Å². The van der Waals surface area contributed by atoms with Crippen LogP contribution in [0, 0.1) is 11.8 Å². The number of rotatable bonds is 3. The first-order chi connectivity index (χ1) is 7.13. The van der Waals surface area contributed by atoms with Crippen LogP contribution >= 0.6 is 0 Å². The minimum absolute atomic E-state index is 0.141. The highest BCUT2D eigenvalue weighted by Crippen LogP contribution is 2.36. The lowest BCUT2D eigenvalue weighted by molar-refractivity contribution is -0.127. The van der Waals surface area contributed by atoms with Crippen molar-refractivity contribution in [1.82, 2.24) is 5.32 Å². The summed E-state index contributed by atoms with van der Waals surface area (Å²) in [4.78, 5) is 11.9. The second-order valence-electron chi connectivity index (χ2n) is 5.50. The summed E-state index contributed by atoms with van der Waals surface area (Å²) in [6.45, 7) is 2.92. The Labute approximate surface area is 91.8 Å². The maximum Gasteiger partial charge on any atom is 0.223 e. The predicted octanol–water partition coefficient (Wildman–Crippen LogP) is 1.42. The molecule has 0 radical (unpaired) electrons. The SMILES string of the molecule is CC1(NC(=O)C2CCC(CN)CC2)CC1. The zero-order chi connectivity index (χ0) is 10.9. The molecule has 0 saturated heterocycles. The first-order valence-electron chi connectivity index (χ1n) is 6.15. The van der Waals surface area contributed by atoms with Crippen molar-refractivity contribution < 1.29 is 4.79 Å². The first-order valence-corrected chi connectivity index (χ1v) is 6.15. The lowest BCUT2D eigenvalue weighted by Gasteiger charge is -2.27. The molecule has 2 aliphatic rings. The van der Waals surface area contributed by atoms with Gasteiger partial charge in [-0.05, 0) is 57.9 Å². The standard InChI is InChI=1S/C12H22N2O/c1-12(6-7-12)14-11(15)10-4-2-9(8-13)3-5-10/h9-10H,2-8,13H2,1H3,(H,14,15). The first kappa shape index (κ1) is 10.9. The van der Waals surface area contributed by atoms with E-state index in [4.69, 9.17) is 5.73 Å². The molecule has 3 heteroatoms. The molecule has 2 fully saturated rings. The Morgan fingerprint density at radius 2 is 1.93 bits per heavy atom. The topological polar surface area (TPSA) is 55.1 Å². The maximum absolute atomic E-state index is 11.9. The van der Waals surface area contributed by atoms with Gasteiger partial charge in [0, 0.05) is 11.5 Å². The smallest absolute Gasteiger partial charge is 0.223 e. The second kappa shape index (κ2) is 4.12. The molecule has 0 aromatic heterocycles. The van der Waals surface area contributed by atoms with Gasteiger partial charge in [0.05, 0.1) is 0 Å². The summed E-state index contributed by atoms with van der Waals surface area (Å²) in [7, 11) is 0. The van der Waals surface area contributed by atoms with Gasteiger partial charge in [0.25, 0.3) is 0 Å². The van der Waals surface area contributed by atoms with Crippen LogP contribution in [0.2, 0.25) is 0 Å². The van der Waals surface area contributed by atoms with Crippen molar-refractivity contribution in [3.05, 3.63) is 0 Å². The number of hydrogen-bond acceptors (Lipinski definition) is 2. The average Bonchev–Trinajstić information content (AvgIpc) is 2.96. The molecular formula is C12H22N2O. The van der Waals surface area contributed by atoms with Crippen molar-refractivity contribution >= 4 is 5.91 Å². The van der Waals surface area contributed by atoms with Gasteiger partial charge in [0.2, 0.25) is 5.91 Å². The van der Waals surface area contributed by atoms with Gasteiger partial charge >= 0.3 is 0 Å². The third-order valence-corrected chi connectivity index (χ3v) is 3.98. The molecule has 0 aromatic carbocycles. The zero-order valence-electron chi connectivity index (χ0n) is 9.59. The highest BCUT2D eigenvalue weighted by molar-refractivity contribution is 5.79. The van der Waals surface area contributed by atoms with E-state index in [2.05, 4.69) is 12.2 Å². The zero-order valence-corrected chi connectivity index (χ0v) is 9.59. The van der Waals surface area contributed by atoms with Gasteiger partial charge in [-0.2, -0.15) is 0 Å². The molecule has 1 amide bonds. The van der Waals surface area contributed by atoms with E-state index >= 15 is 0 Å². The van der Waals surface area contributed by atoms with Crippen molar-refractivity contribution in [2.75, 3.05) is 6.54 Å². The molecule has 2 rings (SSSR count). The summed E-state index contributed by atoms with van der Waals surface area (Å²) in [5.41, 5.74) is 5.78. The summed E-state index contributed by atoms with van der Waals surface area (Å²) in [6.07, 6.45) is 6.62. The summed E-state index contributed by atoms with van der Waals surface area (Å²) >= 11 is 0. The van der Waals surface area contributed by atoms with Gasteiger partial charge in [-0.25, -0.2) is 0 Å². The fourth-order valence-electron chi connectivity index (χ4n) is 2.37. The molecule has 0 spiro atoms. The van der Waals surface area contributed by atoms with Crippen molar-refractivity contribution in [1.29, 1.82) is 0 Å². The van der Waals surface area contributed by atoms with Crippen LogP contribution in [0.4, 0.5) is 0 Å². The van der Waals surface area contributed by atoms with Crippen LogP contribution < -0.4 is 11.1 Å². The van der Waals surface area contributed by atoms with Crippen LogP contribution in [0.25, 0.3) is 0 Å². The molecule has 0 bridgehead atoms. The van der Waals surface area contributed by atoms with Gasteiger partial charge in [0.1, 0.15) is 0 Å². The van der Waals surface area contributed by atoms with E-state index in [1.165, 1.54) is 0 Å². The maximum atomic E-state index is 11.9. The summed E-state index contributed by atoms with van der Waals surface area (Å²) in [5, 5.41) is 3.16. The van der Waals surface area contributed by atoms with Gasteiger partial charge in [-0.3, -0.25) is 4.79 Å². The van der Waals surface area contributed by atoms with Gasteiger partial charge in [0.15, 0.2) is 0 Å². The Bertz CT molecular complexity index is 240. The number of nitrogens with one attached hydrogen (secondary N) is 1. The molecule has 15 heavy (non-hydrogen) atoms. The summed E-state index contributed by atoms with van der Waals surface area (Å²) in [5.74, 6) is 1.20. The highest BCUT2D eigenvalue weighted by Gasteiger charge is 2.40. The van der Waals surface area contributed by atoms with E-state index in [0.29, 0.717) is 5.92 Å². The van der Waals surface area contributed by atoms with E-state index < -0.39 is 0 Å².